The summed E-state index contributed by atoms with van der Waals surface area (Å²) in [4.78, 5) is 2.41. The first-order valence-electron chi connectivity index (χ1n) is 5.94. The van der Waals surface area contributed by atoms with Gasteiger partial charge >= 0.3 is 0 Å². The largest absolute Gasteiger partial charge is 0.306 e. The molecule has 2 aromatic rings. The lowest BCUT2D eigenvalue weighted by atomic mass is 9.89. The van der Waals surface area contributed by atoms with Crippen LogP contribution in [0.4, 0.5) is 0 Å². The smallest absolute Gasteiger partial charge is 0.0650 e. The Balaban J connectivity index is 1.87. The number of benzene rings is 1. The van der Waals surface area contributed by atoms with Gasteiger partial charge < -0.3 is 4.90 Å². The SMILES string of the molecule is CN1CCC(c2ccc3[nH]ncc3c2)CC1. The van der Waals surface area contributed by atoms with E-state index in [0.717, 1.165) is 11.4 Å². The summed E-state index contributed by atoms with van der Waals surface area (Å²) in [6.07, 6.45) is 4.47. The Morgan fingerprint density at radius 3 is 2.94 bits per heavy atom. The van der Waals surface area contributed by atoms with E-state index in [1.807, 2.05) is 6.20 Å². The maximum Gasteiger partial charge on any atom is 0.0650 e. The molecule has 0 unspecified atom stereocenters. The van der Waals surface area contributed by atoms with E-state index in [0.29, 0.717) is 0 Å². The molecule has 0 spiro atoms. The number of likely N-dealkylation sites (tertiary alicyclic amines) is 1. The van der Waals surface area contributed by atoms with Crippen molar-refractivity contribution in [1.82, 2.24) is 15.1 Å². The number of rotatable bonds is 1. The van der Waals surface area contributed by atoms with E-state index in [1.54, 1.807) is 0 Å². The third kappa shape index (κ3) is 1.71. The molecule has 1 N–H and O–H groups in total. The van der Waals surface area contributed by atoms with Gasteiger partial charge in [-0.1, -0.05) is 6.07 Å². The van der Waals surface area contributed by atoms with Crippen molar-refractivity contribution in [1.29, 1.82) is 0 Å². The summed E-state index contributed by atoms with van der Waals surface area (Å²) in [5.41, 5.74) is 2.61. The van der Waals surface area contributed by atoms with Crippen LogP contribution in [0.3, 0.4) is 0 Å². The Bertz CT molecular complexity index is 481. The fourth-order valence-corrected chi connectivity index (χ4v) is 2.56. The van der Waals surface area contributed by atoms with Crippen molar-refractivity contribution in [2.45, 2.75) is 18.8 Å². The molecule has 16 heavy (non-hydrogen) atoms. The maximum atomic E-state index is 4.07. The zero-order valence-corrected chi connectivity index (χ0v) is 9.61. The minimum atomic E-state index is 0.732. The summed E-state index contributed by atoms with van der Waals surface area (Å²) in [7, 11) is 2.20. The number of aromatic nitrogens is 2. The lowest BCUT2D eigenvalue weighted by molar-refractivity contribution is 0.255. The topological polar surface area (TPSA) is 31.9 Å². The molecule has 3 nitrogen and oxygen atoms in total. The number of nitrogens with zero attached hydrogens (tertiary/aromatic N) is 2. The zero-order valence-electron chi connectivity index (χ0n) is 9.61. The Labute approximate surface area is 95.5 Å². The number of H-pyrrole nitrogens is 1. The van der Waals surface area contributed by atoms with E-state index in [4.69, 9.17) is 0 Å². The third-order valence-electron chi connectivity index (χ3n) is 3.65. The molecule has 0 radical (unpaired) electrons. The summed E-state index contributed by atoms with van der Waals surface area (Å²) in [5.74, 6) is 0.732. The van der Waals surface area contributed by atoms with Crippen LogP contribution in [0.15, 0.2) is 24.4 Å². The van der Waals surface area contributed by atoms with Gasteiger partial charge in [-0.05, 0) is 56.6 Å². The van der Waals surface area contributed by atoms with Crippen LogP contribution in [0.5, 0.6) is 0 Å². The summed E-state index contributed by atoms with van der Waals surface area (Å²) in [5, 5.41) is 8.30. The lowest BCUT2D eigenvalue weighted by Crippen LogP contribution is -2.29. The number of fused-ring (bicyclic) bond motifs is 1. The zero-order chi connectivity index (χ0) is 11.0. The second-order valence-electron chi connectivity index (χ2n) is 4.79. The van der Waals surface area contributed by atoms with Gasteiger partial charge in [0.15, 0.2) is 0 Å². The minimum Gasteiger partial charge on any atom is -0.306 e. The van der Waals surface area contributed by atoms with Crippen LogP contribution in [0.2, 0.25) is 0 Å². The summed E-state index contributed by atoms with van der Waals surface area (Å²) >= 11 is 0. The number of piperidine rings is 1. The van der Waals surface area contributed by atoms with E-state index in [-0.39, 0.29) is 0 Å². The highest BCUT2D eigenvalue weighted by Gasteiger charge is 2.18. The Hall–Kier alpha value is -1.35. The molecule has 0 saturated carbocycles. The Morgan fingerprint density at radius 2 is 2.12 bits per heavy atom. The van der Waals surface area contributed by atoms with Crippen LogP contribution < -0.4 is 0 Å². The molecule has 0 aliphatic carbocycles. The second kappa shape index (κ2) is 3.91. The predicted molar refractivity (Wildman–Crippen MR) is 65.6 cm³/mol. The van der Waals surface area contributed by atoms with Gasteiger partial charge in [0.05, 0.1) is 11.7 Å². The van der Waals surface area contributed by atoms with Gasteiger partial charge in [0, 0.05) is 5.39 Å². The fraction of sp³-hybridized carbons (Fsp3) is 0.462. The average molecular weight is 215 g/mol. The van der Waals surface area contributed by atoms with E-state index in [1.165, 1.54) is 36.9 Å². The number of aromatic amines is 1. The maximum absolute atomic E-state index is 4.07. The number of nitrogens with one attached hydrogen (secondary N) is 1. The van der Waals surface area contributed by atoms with Crippen molar-refractivity contribution >= 4 is 10.9 Å². The van der Waals surface area contributed by atoms with E-state index in [9.17, 15) is 0 Å². The van der Waals surface area contributed by atoms with Gasteiger partial charge in [-0.2, -0.15) is 5.10 Å². The first-order valence-corrected chi connectivity index (χ1v) is 5.94. The van der Waals surface area contributed by atoms with Crippen molar-refractivity contribution < 1.29 is 0 Å². The molecular weight excluding hydrogens is 198 g/mol. The quantitative estimate of drug-likeness (QED) is 0.792. The molecule has 1 aliphatic heterocycles. The van der Waals surface area contributed by atoms with Crippen LogP contribution in [0, 0.1) is 0 Å². The Morgan fingerprint density at radius 1 is 1.31 bits per heavy atom. The van der Waals surface area contributed by atoms with Gasteiger partial charge in [-0.3, -0.25) is 5.10 Å². The number of hydrogen-bond donors (Lipinski definition) is 1. The standard InChI is InChI=1S/C13H17N3/c1-16-6-4-10(5-7-16)11-2-3-13-12(8-11)9-14-15-13/h2-3,8-10H,4-7H2,1H3,(H,14,15). The van der Waals surface area contributed by atoms with Gasteiger partial charge in [0.25, 0.3) is 0 Å². The molecule has 1 saturated heterocycles. The predicted octanol–water partition coefficient (Wildman–Crippen LogP) is 2.37. The average Bonchev–Trinajstić information content (AvgIpc) is 2.77. The minimum absolute atomic E-state index is 0.732. The van der Waals surface area contributed by atoms with E-state index >= 15 is 0 Å². The van der Waals surface area contributed by atoms with Crippen LogP contribution in [0.25, 0.3) is 10.9 Å². The molecule has 2 heterocycles. The molecule has 0 atom stereocenters. The van der Waals surface area contributed by atoms with Crippen molar-refractivity contribution in [2.24, 2.45) is 0 Å². The van der Waals surface area contributed by atoms with Gasteiger partial charge in [-0.15, -0.1) is 0 Å². The summed E-state index contributed by atoms with van der Waals surface area (Å²) < 4.78 is 0. The summed E-state index contributed by atoms with van der Waals surface area (Å²) in [6, 6.07) is 6.68. The van der Waals surface area contributed by atoms with Crippen LogP contribution in [-0.4, -0.2) is 35.2 Å². The van der Waals surface area contributed by atoms with Crippen molar-refractivity contribution in [2.75, 3.05) is 20.1 Å². The fourth-order valence-electron chi connectivity index (χ4n) is 2.56. The molecule has 3 heteroatoms. The first-order chi connectivity index (χ1) is 7.83. The third-order valence-corrected chi connectivity index (χ3v) is 3.65. The van der Waals surface area contributed by atoms with E-state index < -0.39 is 0 Å². The highest BCUT2D eigenvalue weighted by Crippen LogP contribution is 2.29. The van der Waals surface area contributed by atoms with Crippen molar-refractivity contribution in [3.05, 3.63) is 30.0 Å². The van der Waals surface area contributed by atoms with Gasteiger partial charge in [0.2, 0.25) is 0 Å². The molecule has 3 rings (SSSR count). The molecule has 0 bridgehead atoms. The van der Waals surface area contributed by atoms with Crippen molar-refractivity contribution in [3.8, 4) is 0 Å². The molecule has 1 aliphatic rings. The first kappa shape index (κ1) is 9.85. The lowest BCUT2D eigenvalue weighted by Gasteiger charge is -2.29. The highest BCUT2D eigenvalue weighted by atomic mass is 15.1. The van der Waals surface area contributed by atoms with Crippen LogP contribution in [0.1, 0.15) is 24.3 Å². The van der Waals surface area contributed by atoms with Gasteiger partial charge in [-0.25, -0.2) is 0 Å². The highest BCUT2D eigenvalue weighted by molar-refractivity contribution is 5.78. The monoisotopic (exact) mass is 215 g/mol. The molecule has 1 fully saturated rings. The Kier molecular flexibility index (Phi) is 2.40. The summed E-state index contributed by atoms with van der Waals surface area (Å²) in [6.45, 7) is 2.43. The van der Waals surface area contributed by atoms with Crippen molar-refractivity contribution in [3.63, 3.8) is 0 Å². The number of hydrogen-bond acceptors (Lipinski definition) is 2. The normalized spacial score (nSPS) is 19.3. The molecule has 1 aromatic carbocycles. The van der Waals surface area contributed by atoms with Crippen LogP contribution >= 0.6 is 0 Å². The molecular formula is C13H17N3. The molecule has 1 aromatic heterocycles. The van der Waals surface area contributed by atoms with E-state index in [2.05, 4.69) is 40.3 Å². The molecule has 84 valence electrons. The van der Waals surface area contributed by atoms with Crippen LogP contribution in [-0.2, 0) is 0 Å². The second-order valence-corrected chi connectivity index (χ2v) is 4.79. The molecule has 0 amide bonds. The van der Waals surface area contributed by atoms with Gasteiger partial charge in [0.1, 0.15) is 0 Å².